The average Bonchev–Trinajstić information content (AvgIpc) is 3.08. The number of allylic oxidation sites excluding steroid dienone is 1. The van der Waals surface area contributed by atoms with Crippen molar-refractivity contribution >= 4 is 23.7 Å². The first-order valence-corrected chi connectivity index (χ1v) is 11.7. The van der Waals surface area contributed by atoms with E-state index in [1.807, 2.05) is 88.4 Å². The van der Waals surface area contributed by atoms with Crippen LogP contribution in [-0.2, 0) is 23.7 Å². The molecule has 0 N–H and O–H groups in total. The molecule has 2 heterocycles. The zero-order valence-corrected chi connectivity index (χ0v) is 21.5. The summed E-state index contributed by atoms with van der Waals surface area (Å²) in [5, 5.41) is 0. The first kappa shape index (κ1) is 25.5. The number of carbonyl (C=O) groups excluding carboxylic acids is 1. The predicted molar refractivity (Wildman–Crippen MR) is 137 cm³/mol. The molecule has 190 valence electrons. The van der Waals surface area contributed by atoms with Crippen molar-refractivity contribution in [2.75, 3.05) is 20.8 Å². The van der Waals surface area contributed by atoms with E-state index in [4.69, 9.17) is 28.4 Å². The molecule has 0 saturated carbocycles. The molecule has 2 aliphatic heterocycles. The van der Waals surface area contributed by atoms with Gasteiger partial charge in [0.05, 0.1) is 20.5 Å². The Labute approximate surface area is 211 Å². The molecule has 1 saturated heterocycles. The summed E-state index contributed by atoms with van der Waals surface area (Å²) in [7, 11) is 2.83. The Hall–Kier alpha value is -3.55. The number of carbonyl (C=O) groups is 1. The molecule has 0 aliphatic carbocycles. The highest BCUT2D eigenvalue weighted by molar-refractivity contribution is 6.17. The fourth-order valence-corrected chi connectivity index (χ4v) is 4.16. The molecular formula is C29H32O7. The number of rotatable bonds is 6. The average molecular weight is 493 g/mol. The molecule has 2 aromatic rings. The molecule has 0 bridgehead atoms. The van der Waals surface area contributed by atoms with E-state index in [0.717, 1.165) is 16.7 Å². The number of methoxy groups -OCH3 is 2. The number of benzene rings is 2. The Kier molecular flexibility index (Phi) is 7.24. The molecule has 1 spiro atoms. The molecule has 36 heavy (non-hydrogen) atoms. The van der Waals surface area contributed by atoms with Crippen LogP contribution in [0.25, 0.3) is 17.7 Å². The van der Waals surface area contributed by atoms with E-state index in [1.165, 1.54) is 20.5 Å². The smallest absolute Gasteiger partial charge is 0.341 e. The second kappa shape index (κ2) is 10.2. The van der Waals surface area contributed by atoms with E-state index in [9.17, 15) is 4.79 Å². The van der Waals surface area contributed by atoms with Crippen LogP contribution in [0, 0.1) is 0 Å². The highest BCUT2D eigenvalue weighted by atomic mass is 16.8. The van der Waals surface area contributed by atoms with Gasteiger partial charge in [0.1, 0.15) is 11.2 Å². The third-order valence-corrected chi connectivity index (χ3v) is 6.11. The zero-order chi connectivity index (χ0) is 25.9. The third-order valence-electron chi connectivity index (χ3n) is 6.11. The summed E-state index contributed by atoms with van der Waals surface area (Å²) >= 11 is 0. The first-order valence-electron chi connectivity index (χ1n) is 11.7. The summed E-state index contributed by atoms with van der Waals surface area (Å²) < 4.78 is 34.8. The van der Waals surface area contributed by atoms with Crippen LogP contribution < -0.4 is 9.47 Å². The molecule has 7 heteroatoms. The Bertz CT molecular complexity index is 1220. The van der Waals surface area contributed by atoms with Crippen molar-refractivity contribution < 1.29 is 33.2 Å². The van der Waals surface area contributed by atoms with Crippen LogP contribution in [0.1, 0.15) is 44.4 Å². The van der Waals surface area contributed by atoms with Crippen LogP contribution in [0.4, 0.5) is 0 Å². The fraction of sp³-hybridized carbons (Fsp3) is 0.345. The Morgan fingerprint density at radius 3 is 2.53 bits per heavy atom. The summed E-state index contributed by atoms with van der Waals surface area (Å²) in [5.74, 6) is -0.346. The highest BCUT2D eigenvalue weighted by Crippen LogP contribution is 2.47. The van der Waals surface area contributed by atoms with Gasteiger partial charge in [-0.05, 0) is 62.6 Å². The van der Waals surface area contributed by atoms with Gasteiger partial charge in [0.2, 0.25) is 0 Å². The van der Waals surface area contributed by atoms with Gasteiger partial charge in [-0.3, -0.25) is 0 Å². The van der Waals surface area contributed by atoms with E-state index in [1.54, 1.807) is 0 Å². The predicted octanol–water partition coefficient (Wildman–Crippen LogP) is 5.60. The summed E-state index contributed by atoms with van der Waals surface area (Å²) in [4.78, 5) is 12.3. The zero-order valence-electron chi connectivity index (χ0n) is 21.5. The molecule has 0 unspecified atom stereocenters. The number of fused-ring (bicyclic) bond motifs is 1. The normalized spacial score (nSPS) is 22.5. The van der Waals surface area contributed by atoms with Crippen LogP contribution in [0.15, 0.2) is 60.4 Å². The van der Waals surface area contributed by atoms with Gasteiger partial charge < -0.3 is 28.4 Å². The molecule has 2 aliphatic rings. The molecule has 2 aromatic carbocycles. The van der Waals surface area contributed by atoms with Gasteiger partial charge >= 0.3 is 5.97 Å². The third kappa shape index (κ3) is 5.03. The molecule has 0 radical (unpaired) electrons. The van der Waals surface area contributed by atoms with Gasteiger partial charge in [0, 0.05) is 0 Å². The van der Waals surface area contributed by atoms with Gasteiger partial charge in [-0.1, -0.05) is 48.1 Å². The lowest BCUT2D eigenvalue weighted by Crippen LogP contribution is -2.58. The lowest BCUT2D eigenvalue weighted by atomic mass is 9.97. The van der Waals surface area contributed by atoms with Crippen LogP contribution >= 0.6 is 0 Å². The van der Waals surface area contributed by atoms with E-state index in [2.05, 4.69) is 0 Å². The van der Waals surface area contributed by atoms with Gasteiger partial charge in [0.15, 0.2) is 24.4 Å². The Morgan fingerprint density at radius 2 is 1.81 bits per heavy atom. The van der Waals surface area contributed by atoms with E-state index < -0.39 is 23.6 Å². The van der Waals surface area contributed by atoms with Gasteiger partial charge in [0.25, 0.3) is 5.79 Å². The molecule has 0 aromatic heterocycles. The fourth-order valence-electron chi connectivity index (χ4n) is 4.16. The minimum atomic E-state index is -1.08. The minimum absolute atomic E-state index is 0.213. The molecule has 2 atom stereocenters. The Balaban J connectivity index is 1.62. The monoisotopic (exact) mass is 492 g/mol. The molecule has 0 amide bonds. The molecule has 1 fully saturated rings. The standard InChI is InChI=1S/C29H32O7/c1-19(2)15-26-35-28(3,4)29(36-26)18-33-24-14-12-20(16-25(24)34-29)11-13-21-9-7-8-10-22(21)23(17-31-5)27(30)32-6/h7-17,26H,18H2,1-6H3/b13-11+,23-17+/t26-,29-/m0/s1. The van der Waals surface area contributed by atoms with Crippen molar-refractivity contribution in [2.24, 2.45) is 0 Å². The van der Waals surface area contributed by atoms with E-state index >= 15 is 0 Å². The number of esters is 1. The van der Waals surface area contributed by atoms with Gasteiger partial charge in [-0.15, -0.1) is 0 Å². The first-order chi connectivity index (χ1) is 17.2. The maximum atomic E-state index is 12.3. The summed E-state index contributed by atoms with van der Waals surface area (Å²) in [6.07, 6.45) is 6.66. The topological polar surface area (TPSA) is 72.5 Å². The van der Waals surface area contributed by atoms with Gasteiger partial charge in [-0.2, -0.15) is 0 Å². The van der Waals surface area contributed by atoms with Gasteiger partial charge in [-0.25, -0.2) is 4.79 Å². The Morgan fingerprint density at radius 1 is 1.03 bits per heavy atom. The van der Waals surface area contributed by atoms with Crippen molar-refractivity contribution in [3.63, 3.8) is 0 Å². The van der Waals surface area contributed by atoms with Crippen LogP contribution in [0.2, 0.25) is 0 Å². The highest BCUT2D eigenvalue weighted by Gasteiger charge is 2.60. The van der Waals surface area contributed by atoms with Crippen molar-refractivity contribution in [1.82, 2.24) is 0 Å². The largest absolute Gasteiger partial charge is 0.503 e. The van der Waals surface area contributed by atoms with E-state index in [-0.39, 0.29) is 6.61 Å². The molecule has 4 rings (SSSR count). The summed E-state index contributed by atoms with van der Waals surface area (Å²) in [6, 6.07) is 13.2. The van der Waals surface area contributed by atoms with Crippen LogP contribution in [-0.4, -0.2) is 44.5 Å². The van der Waals surface area contributed by atoms with Crippen molar-refractivity contribution in [2.45, 2.75) is 45.4 Å². The second-order valence-corrected chi connectivity index (χ2v) is 9.39. The molecular weight excluding hydrogens is 460 g/mol. The van der Waals surface area contributed by atoms with Crippen molar-refractivity contribution in [3.05, 3.63) is 77.1 Å². The van der Waals surface area contributed by atoms with Crippen LogP contribution in [0.5, 0.6) is 11.5 Å². The number of hydrogen-bond donors (Lipinski definition) is 0. The quantitative estimate of drug-likeness (QED) is 0.171. The summed E-state index contributed by atoms with van der Waals surface area (Å²) in [5.41, 5.74) is 3.10. The van der Waals surface area contributed by atoms with E-state index in [0.29, 0.717) is 22.6 Å². The lowest BCUT2D eigenvalue weighted by molar-refractivity contribution is -0.216. The van der Waals surface area contributed by atoms with Crippen molar-refractivity contribution in [3.8, 4) is 11.5 Å². The van der Waals surface area contributed by atoms with Crippen molar-refractivity contribution in [1.29, 1.82) is 0 Å². The number of ether oxygens (including phenoxy) is 6. The second-order valence-electron chi connectivity index (χ2n) is 9.39. The number of hydrogen-bond acceptors (Lipinski definition) is 7. The molecule has 7 nitrogen and oxygen atoms in total. The maximum absolute atomic E-state index is 12.3. The summed E-state index contributed by atoms with van der Waals surface area (Å²) in [6.45, 7) is 8.08. The SMILES string of the molecule is CO/C=C(/C(=O)OC)c1ccccc1/C=C/c1ccc2c(c1)O[C@@]1(CO2)O[C@@H](C=C(C)C)OC1(C)C. The minimum Gasteiger partial charge on any atom is -0.503 e. The van der Waals surface area contributed by atoms with Crippen LogP contribution in [0.3, 0.4) is 0 Å². The maximum Gasteiger partial charge on any atom is 0.341 e. The lowest BCUT2D eigenvalue weighted by Gasteiger charge is -2.40.